The van der Waals surface area contributed by atoms with E-state index in [1.165, 1.54) is 37.3 Å². The standard InChI is InChI=1S/C16H13Cl2NO4/c1-9(23-16(22)10-2-5-12(20)6-3-10)15(21)19-11-4-7-13(17)14(18)8-11/h2-9,20H,1H3,(H,19,21)/t9-/m1/s1. The van der Waals surface area contributed by atoms with Gasteiger partial charge in [-0.25, -0.2) is 4.79 Å². The maximum atomic E-state index is 12.0. The average molecular weight is 354 g/mol. The molecule has 5 nitrogen and oxygen atoms in total. The van der Waals surface area contributed by atoms with Gasteiger partial charge in [0.05, 0.1) is 15.6 Å². The van der Waals surface area contributed by atoms with Gasteiger partial charge in [0.25, 0.3) is 5.91 Å². The Kier molecular flexibility index (Phi) is 5.47. The first-order valence-electron chi connectivity index (χ1n) is 6.63. The zero-order valence-corrected chi connectivity index (χ0v) is 13.6. The first-order valence-corrected chi connectivity index (χ1v) is 7.38. The molecule has 1 atom stereocenters. The third-order valence-corrected chi connectivity index (χ3v) is 3.68. The second-order valence-electron chi connectivity index (χ2n) is 4.71. The van der Waals surface area contributed by atoms with E-state index in [4.69, 9.17) is 27.9 Å². The molecule has 0 bridgehead atoms. The lowest BCUT2D eigenvalue weighted by Gasteiger charge is -2.14. The summed E-state index contributed by atoms with van der Waals surface area (Å²) in [6.45, 7) is 1.45. The third-order valence-electron chi connectivity index (χ3n) is 2.94. The third kappa shape index (κ3) is 4.61. The number of esters is 1. The molecular weight excluding hydrogens is 341 g/mol. The highest BCUT2D eigenvalue weighted by Gasteiger charge is 2.19. The van der Waals surface area contributed by atoms with Crippen molar-refractivity contribution < 1.29 is 19.4 Å². The first kappa shape index (κ1) is 17.1. The van der Waals surface area contributed by atoms with E-state index in [0.717, 1.165) is 0 Å². The zero-order chi connectivity index (χ0) is 17.0. The Morgan fingerprint density at radius 2 is 1.74 bits per heavy atom. The maximum Gasteiger partial charge on any atom is 0.338 e. The van der Waals surface area contributed by atoms with E-state index in [-0.39, 0.29) is 11.3 Å². The second-order valence-corrected chi connectivity index (χ2v) is 5.53. The predicted molar refractivity (Wildman–Crippen MR) is 88.1 cm³/mol. The van der Waals surface area contributed by atoms with Crippen molar-refractivity contribution in [3.63, 3.8) is 0 Å². The minimum absolute atomic E-state index is 0.0342. The van der Waals surface area contributed by atoms with Gasteiger partial charge in [-0.3, -0.25) is 4.79 Å². The summed E-state index contributed by atoms with van der Waals surface area (Å²) >= 11 is 11.7. The molecule has 0 aliphatic rings. The summed E-state index contributed by atoms with van der Waals surface area (Å²) in [6.07, 6.45) is -1.01. The quantitative estimate of drug-likeness (QED) is 0.817. The number of nitrogens with one attached hydrogen (secondary N) is 1. The fourth-order valence-electron chi connectivity index (χ4n) is 1.70. The second kappa shape index (κ2) is 7.35. The fraction of sp³-hybridized carbons (Fsp3) is 0.125. The van der Waals surface area contributed by atoms with E-state index in [9.17, 15) is 14.7 Å². The van der Waals surface area contributed by atoms with Crippen LogP contribution in [0.4, 0.5) is 5.69 Å². The van der Waals surface area contributed by atoms with Gasteiger partial charge >= 0.3 is 5.97 Å². The normalized spacial score (nSPS) is 11.6. The van der Waals surface area contributed by atoms with Gasteiger partial charge in [0, 0.05) is 5.69 Å². The average Bonchev–Trinajstić information content (AvgIpc) is 2.51. The van der Waals surface area contributed by atoms with Crippen molar-refractivity contribution >= 4 is 40.8 Å². The van der Waals surface area contributed by atoms with Gasteiger partial charge in [-0.1, -0.05) is 23.2 Å². The molecule has 2 aromatic carbocycles. The number of amides is 1. The number of benzene rings is 2. The number of phenolic OH excluding ortho intramolecular Hbond substituents is 1. The minimum atomic E-state index is -1.01. The van der Waals surface area contributed by atoms with Crippen molar-refractivity contribution in [1.82, 2.24) is 0 Å². The van der Waals surface area contributed by atoms with Crippen molar-refractivity contribution in [2.75, 3.05) is 5.32 Å². The van der Waals surface area contributed by atoms with Crippen molar-refractivity contribution in [2.24, 2.45) is 0 Å². The fourth-order valence-corrected chi connectivity index (χ4v) is 2.00. The van der Waals surface area contributed by atoms with E-state index >= 15 is 0 Å². The molecule has 2 N–H and O–H groups in total. The molecule has 0 heterocycles. The molecule has 0 saturated heterocycles. The number of rotatable bonds is 4. The van der Waals surface area contributed by atoms with E-state index in [1.54, 1.807) is 12.1 Å². The summed E-state index contributed by atoms with van der Waals surface area (Å²) in [5.41, 5.74) is 0.675. The summed E-state index contributed by atoms with van der Waals surface area (Å²) in [5, 5.41) is 12.4. The SMILES string of the molecule is C[C@@H](OC(=O)c1ccc(O)cc1)C(=O)Nc1ccc(Cl)c(Cl)c1. The Hall–Kier alpha value is -2.24. The van der Waals surface area contributed by atoms with Crippen LogP contribution in [0.15, 0.2) is 42.5 Å². The number of carbonyl (C=O) groups excluding carboxylic acids is 2. The Balaban J connectivity index is 1.97. The maximum absolute atomic E-state index is 12.0. The lowest BCUT2D eigenvalue weighted by molar-refractivity contribution is -0.123. The Morgan fingerprint density at radius 3 is 2.35 bits per heavy atom. The van der Waals surface area contributed by atoms with Crippen LogP contribution < -0.4 is 5.32 Å². The van der Waals surface area contributed by atoms with Crippen molar-refractivity contribution in [1.29, 1.82) is 0 Å². The van der Waals surface area contributed by atoms with Crippen molar-refractivity contribution in [2.45, 2.75) is 13.0 Å². The lowest BCUT2D eigenvalue weighted by atomic mass is 10.2. The van der Waals surface area contributed by atoms with E-state index in [1.807, 2.05) is 0 Å². The molecular formula is C16H13Cl2NO4. The number of halogens is 2. The predicted octanol–water partition coefficient (Wildman–Crippen LogP) is 3.88. The molecule has 0 radical (unpaired) electrons. The molecule has 2 rings (SSSR count). The molecule has 0 aliphatic carbocycles. The van der Waals surface area contributed by atoms with Crippen LogP contribution in [0.5, 0.6) is 5.75 Å². The Labute approximate surface area is 142 Å². The molecule has 1 amide bonds. The van der Waals surface area contributed by atoms with Gasteiger partial charge in [-0.2, -0.15) is 0 Å². The monoisotopic (exact) mass is 353 g/mol. The van der Waals surface area contributed by atoms with Crippen LogP contribution in [0.25, 0.3) is 0 Å². The number of phenols is 1. The molecule has 0 unspecified atom stereocenters. The largest absolute Gasteiger partial charge is 0.508 e. The highest BCUT2D eigenvalue weighted by molar-refractivity contribution is 6.42. The van der Waals surface area contributed by atoms with E-state index in [0.29, 0.717) is 15.7 Å². The summed E-state index contributed by atoms with van der Waals surface area (Å²) in [6, 6.07) is 10.2. The summed E-state index contributed by atoms with van der Waals surface area (Å²) in [5.74, 6) is -1.13. The molecule has 7 heteroatoms. The smallest absolute Gasteiger partial charge is 0.338 e. The van der Waals surface area contributed by atoms with Gasteiger partial charge in [-0.15, -0.1) is 0 Å². The van der Waals surface area contributed by atoms with Crippen LogP contribution in [0.2, 0.25) is 10.0 Å². The van der Waals surface area contributed by atoms with Crippen molar-refractivity contribution in [3.05, 3.63) is 58.1 Å². The first-order chi connectivity index (χ1) is 10.9. The topological polar surface area (TPSA) is 75.6 Å². The Bertz CT molecular complexity index is 731. The van der Waals surface area contributed by atoms with Crippen LogP contribution in [0.3, 0.4) is 0 Å². The lowest BCUT2D eigenvalue weighted by Crippen LogP contribution is -2.30. The van der Waals surface area contributed by atoms with Crippen molar-refractivity contribution in [3.8, 4) is 5.75 Å². The molecule has 0 aromatic heterocycles. The molecule has 23 heavy (non-hydrogen) atoms. The van der Waals surface area contributed by atoms with Crippen LogP contribution >= 0.6 is 23.2 Å². The Morgan fingerprint density at radius 1 is 1.09 bits per heavy atom. The summed E-state index contributed by atoms with van der Waals surface area (Å²) in [4.78, 5) is 23.9. The van der Waals surface area contributed by atoms with Gasteiger partial charge in [0.2, 0.25) is 0 Å². The van der Waals surface area contributed by atoms with Crippen LogP contribution in [-0.4, -0.2) is 23.1 Å². The summed E-state index contributed by atoms with van der Waals surface area (Å²) < 4.78 is 5.07. The number of aromatic hydroxyl groups is 1. The molecule has 2 aromatic rings. The van der Waals surface area contributed by atoms with Gasteiger partial charge < -0.3 is 15.2 Å². The van der Waals surface area contributed by atoms with Crippen LogP contribution in [-0.2, 0) is 9.53 Å². The highest BCUT2D eigenvalue weighted by atomic mass is 35.5. The van der Waals surface area contributed by atoms with E-state index < -0.39 is 18.0 Å². The molecule has 0 spiro atoms. The molecule has 0 aliphatic heterocycles. The number of ether oxygens (including phenoxy) is 1. The number of hydrogen-bond acceptors (Lipinski definition) is 4. The van der Waals surface area contributed by atoms with Gasteiger partial charge in [0.1, 0.15) is 5.75 Å². The number of hydrogen-bond donors (Lipinski definition) is 2. The van der Waals surface area contributed by atoms with Crippen LogP contribution in [0, 0.1) is 0 Å². The van der Waals surface area contributed by atoms with Crippen LogP contribution in [0.1, 0.15) is 17.3 Å². The summed E-state index contributed by atoms with van der Waals surface area (Å²) in [7, 11) is 0. The number of anilines is 1. The number of carbonyl (C=O) groups is 2. The van der Waals surface area contributed by atoms with Gasteiger partial charge in [-0.05, 0) is 49.4 Å². The van der Waals surface area contributed by atoms with Gasteiger partial charge in [0.15, 0.2) is 6.10 Å². The minimum Gasteiger partial charge on any atom is -0.508 e. The highest BCUT2D eigenvalue weighted by Crippen LogP contribution is 2.25. The molecule has 120 valence electrons. The van der Waals surface area contributed by atoms with E-state index in [2.05, 4.69) is 5.32 Å². The molecule has 0 fully saturated rings. The zero-order valence-electron chi connectivity index (χ0n) is 12.0. The molecule has 0 saturated carbocycles.